The average molecular weight is 476 g/mol. The molecule has 3 aromatic rings. The molecule has 0 aliphatic rings. The van der Waals surface area contributed by atoms with E-state index >= 15 is 0 Å². The Morgan fingerprint density at radius 2 is 1.56 bits per heavy atom. The number of rotatable bonds is 10. The Morgan fingerprint density at radius 1 is 0.906 bits per heavy atom. The standard InChI is InChI=1S/C24H23ClFNO4S/c25-21-6-10-23(11-7-21)32(30,31)27-14-13-19-4-1-18(16-20(19)5-12-24(28)29)15-17-2-8-22(26)9-3-17/h1-4,6-11,16,27H,5,12-15H2,(H,28,29). The number of halogens is 2. The number of carboxylic acids is 1. The van der Waals surface area contributed by atoms with Crippen LogP contribution in [0.15, 0.2) is 71.6 Å². The first-order valence-corrected chi connectivity index (χ1v) is 11.9. The summed E-state index contributed by atoms with van der Waals surface area (Å²) >= 11 is 5.81. The first-order chi connectivity index (χ1) is 15.2. The molecule has 0 saturated carbocycles. The molecule has 0 unspecified atom stereocenters. The third-order valence-electron chi connectivity index (χ3n) is 5.01. The number of hydrogen-bond donors (Lipinski definition) is 2. The van der Waals surface area contributed by atoms with E-state index in [0.717, 1.165) is 22.3 Å². The summed E-state index contributed by atoms with van der Waals surface area (Å²) in [5, 5.41) is 9.54. The smallest absolute Gasteiger partial charge is 0.303 e. The molecule has 5 nitrogen and oxygen atoms in total. The molecule has 168 valence electrons. The van der Waals surface area contributed by atoms with E-state index in [2.05, 4.69) is 4.72 Å². The van der Waals surface area contributed by atoms with Crippen molar-refractivity contribution < 1.29 is 22.7 Å². The minimum atomic E-state index is -3.67. The number of carboxylic acid groups (broad SMARTS) is 1. The van der Waals surface area contributed by atoms with Gasteiger partial charge in [0.25, 0.3) is 0 Å². The van der Waals surface area contributed by atoms with Gasteiger partial charge in [-0.1, -0.05) is 41.9 Å². The molecule has 0 heterocycles. The summed E-state index contributed by atoms with van der Waals surface area (Å²) in [4.78, 5) is 11.2. The van der Waals surface area contributed by atoms with Gasteiger partial charge in [-0.05, 0) is 77.9 Å². The number of nitrogens with one attached hydrogen (secondary N) is 1. The molecule has 0 spiro atoms. The maximum atomic E-state index is 13.1. The number of carbonyl (C=O) groups is 1. The van der Waals surface area contributed by atoms with Gasteiger partial charge in [0, 0.05) is 18.0 Å². The van der Waals surface area contributed by atoms with Crippen molar-refractivity contribution in [3.63, 3.8) is 0 Å². The number of hydrogen-bond acceptors (Lipinski definition) is 3. The molecule has 2 N–H and O–H groups in total. The average Bonchev–Trinajstić information content (AvgIpc) is 2.75. The van der Waals surface area contributed by atoms with Crippen LogP contribution in [0, 0.1) is 5.82 Å². The van der Waals surface area contributed by atoms with Crippen LogP contribution in [0.25, 0.3) is 0 Å². The highest BCUT2D eigenvalue weighted by molar-refractivity contribution is 7.89. The lowest BCUT2D eigenvalue weighted by Crippen LogP contribution is -2.26. The molecule has 0 aliphatic carbocycles. The van der Waals surface area contributed by atoms with Gasteiger partial charge in [0.2, 0.25) is 10.0 Å². The van der Waals surface area contributed by atoms with Gasteiger partial charge in [0.05, 0.1) is 4.90 Å². The van der Waals surface area contributed by atoms with Gasteiger partial charge in [-0.25, -0.2) is 17.5 Å². The molecule has 0 aromatic heterocycles. The van der Waals surface area contributed by atoms with Crippen LogP contribution in [-0.4, -0.2) is 26.0 Å². The van der Waals surface area contributed by atoms with E-state index in [1.807, 2.05) is 18.2 Å². The van der Waals surface area contributed by atoms with Crippen LogP contribution < -0.4 is 4.72 Å². The Labute approximate surface area is 191 Å². The molecule has 3 aromatic carbocycles. The summed E-state index contributed by atoms with van der Waals surface area (Å²) in [5.41, 5.74) is 3.66. The summed E-state index contributed by atoms with van der Waals surface area (Å²) < 4.78 is 40.6. The highest BCUT2D eigenvalue weighted by Gasteiger charge is 2.14. The van der Waals surface area contributed by atoms with Gasteiger partial charge in [-0.3, -0.25) is 4.79 Å². The van der Waals surface area contributed by atoms with E-state index in [0.29, 0.717) is 24.3 Å². The monoisotopic (exact) mass is 475 g/mol. The molecule has 0 radical (unpaired) electrons. The lowest BCUT2D eigenvalue weighted by molar-refractivity contribution is -0.136. The van der Waals surface area contributed by atoms with Gasteiger partial charge >= 0.3 is 5.97 Å². The van der Waals surface area contributed by atoms with Crippen molar-refractivity contribution in [3.8, 4) is 0 Å². The highest BCUT2D eigenvalue weighted by atomic mass is 35.5. The number of aryl methyl sites for hydroxylation is 1. The molecule has 0 atom stereocenters. The number of aliphatic carboxylic acids is 1. The summed E-state index contributed by atoms with van der Waals surface area (Å²) in [6.45, 7) is 0.169. The van der Waals surface area contributed by atoms with Gasteiger partial charge < -0.3 is 5.11 Å². The van der Waals surface area contributed by atoms with Crippen LogP contribution in [0.3, 0.4) is 0 Å². The quantitative estimate of drug-likeness (QED) is 0.448. The maximum Gasteiger partial charge on any atom is 0.303 e. The van der Waals surface area contributed by atoms with Gasteiger partial charge in [0.1, 0.15) is 5.82 Å². The summed E-state index contributed by atoms with van der Waals surface area (Å²) in [6, 6.07) is 17.9. The zero-order valence-electron chi connectivity index (χ0n) is 17.2. The first-order valence-electron chi connectivity index (χ1n) is 10.0. The minimum Gasteiger partial charge on any atom is -0.481 e. The fourth-order valence-corrected chi connectivity index (χ4v) is 4.52. The van der Waals surface area contributed by atoms with Crippen LogP contribution >= 0.6 is 11.6 Å². The Kier molecular flexibility index (Phi) is 8.01. The van der Waals surface area contributed by atoms with Crippen molar-refractivity contribution in [2.24, 2.45) is 0 Å². The van der Waals surface area contributed by atoms with Crippen molar-refractivity contribution in [3.05, 3.63) is 99.8 Å². The Morgan fingerprint density at radius 3 is 2.22 bits per heavy atom. The third kappa shape index (κ3) is 6.88. The normalized spacial score (nSPS) is 11.4. The lowest BCUT2D eigenvalue weighted by atomic mass is 9.95. The van der Waals surface area contributed by atoms with Crippen molar-refractivity contribution in [2.75, 3.05) is 6.54 Å². The first kappa shape index (κ1) is 23.9. The van der Waals surface area contributed by atoms with Crippen molar-refractivity contribution in [2.45, 2.75) is 30.6 Å². The molecule has 3 rings (SSSR count). The van der Waals surface area contributed by atoms with Crippen LogP contribution in [0.5, 0.6) is 0 Å². The van der Waals surface area contributed by atoms with E-state index in [-0.39, 0.29) is 23.7 Å². The molecule has 0 saturated heterocycles. The van der Waals surface area contributed by atoms with Crippen molar-refractivity contribution in [1.82, 2.24) is 4.72 Å². The summed E-state index contributed by atoms with van der Waals surface area (Å²) in [6.07, 6.45) is 1.32. The van der Waals surface area contributed by atoms with E-state index < -0.39 is 16.0 Å². The highest BCUT2D eigenvalue weighted by Crippen LogP contribution is 2.19. The van der Waals surface area contributed by atoms with Gasteiger partial charge in [-0.15, -0.1) is 0 Å². The van der Waals surface area contributed by atoms with E-state index in [1.165, 1.54) is 36.4 Å². The molecule has 8 heteroatoms. The van der Waals surface area contributed by atoms with E-state index in [1.54, 1.807) is 12.1 Å². The molecule has 0 amide bonds. The fourth-order valence-electron chi connectivity index (χ4n) is 3.36. The molecule has 0 fully saturated rings. The van der Waals surface area contributed by atoms with Crippen molar-refractivity contribution in [1.29, 1.82) is 0 Å². The van der Waals surface area contributed by atoms with Crippen molar-refractivity contribution >= 4 is 27.6 Å². The van der Waals surface area contributed by atoms with Crippen LogP contribution in [0.1, 0.15) is 28.7 Å². The number of sulfonamides is 1. The van der Waals surface area contributed by atoms with E-state index in [9.17, 15) is 17.6 Å². The van der Waals surface area contributed by atoms with Crippen LogP contribution in [0.4, 0.5) is 4.39 Å². The zero-order valence-corrected chi connectivity index (χ0v) is 18.8. The zero-order chi connectivity index (χ0) is 23.1. The molecule has 32 heavy (non-hydrogen) atoms. The maximum absolute atomic E-state index is 13.1. The Balaban J connectivity index is 1.71. The van der Waals surface area contributed by atoms with Crippen LogP contribution in [-0.2, 0) is 34.1 Å². The van der Waals surface area contributed by atoms with Crippen LogP contribution in [0.2, 0.25) is 5.02 Å². The lowest BCUT2D eigenvalue weighted by Gasteiger charge is -2.13. The second-order valence-corrected chi connectivity index (χ2v) is 9.61. The topological polar surface area (TPSA) is 83.5 Å². The summed E-state index contributed by atoms with van der Waals surface area (Å²) in [7, 11) is -3.67. The Bertz CT molecular complexity index is 1180. The predicted octanol–water partition coefficient (Wildman–Crippen LogP) is 4.61. The third-order valence-corrected chi connectivity index (χ3v) is 6.74. The van der Waals surface area contributed by atoms with Gasteiger partial charge in [-0.2, -0.15) is 0 Å². The SMILES string of the molecule is O=C(O)CCc1cc(Cc2ccc(F)cc2)ccc1CCNS(=O)(=O)c1ccc(Cl)cc1. The molecular formula is C24H23ClFNO4S. The molecule has 0 aliphatic heterocycles. The summed E-state index contributed by atoms with van der Waals surface area (Å²) in [5.74, 6) is -1.20. The fraction of sp³-hybridized carbons (Fsp3) is 0.208. The molecule has 0 bridgehead atoms. The number of benzene rings is 3. The largest absolute Gasteiger partial charge is 0.481 e. The minimum absolute atomic E-state index is 0.0243. The van der Waals surface area contributed by atoms with E-state index in [4.69, 9.17) is 16.7 Å². The Hall–Kier alpha value is -2.74. The second kappa shape index (κ2) is 10.7. The predicted molar refractivity (Wildman–Crippen MR) is 122 cm³/mol. The second-order valence-electron chi connectivity index (χ2n) is 7.40. The van der Waals surface area contributed by atoms with Gasteiger partial charge in [0.15, 0.2) is 0 Å². The molecular weight excluding hydrogens is 453 g/mol.